The largest absolute Gasteiger partial charge is 0.493 e. The van der Waals surface area contributed by atoms with E-state index in [0.29, 0.717) is 24.6 Å². The second-order valence-electron chi connectivity index (χ2n) is 8.78. The zero-order chi connectivity index (χ0) is 24.4. The van der Waals surface area contributed by atoms with Gasteiger partial charge in [0.05, 0.1) is 31.3 Å². The van der Waals surface area contributed by atoms with Crippen LogP contribution in [0.25, 0.3) is 22.0 Å². The van der Waals surface area contributed by atoms with Crippen molar-refractivity contribution in [1.29, 1.82) is 0 Å². The van der Waals surface area contributed by atoms with Gasteiger partial charge in [0.2, 0.25) is 12.5 Å². The molecule has 3 aromatic rings. The van der Waals surface area contributed by atoms with Gasteiger partial charge in [-0.2, -0.15) is 4.57 Å². The van der Waals surface area contributed by atoms with Gasteiger partial charge in [-0.25, -0.2) is 0 Å². The number of hydrogen-bond donors (Lipinski definition) is 3. The summed E-state index contributed by atoms with van der Waals surface area (Å²) in [6, 6.07) is 10.1. The van der Waals surface area contributed by atoms with Crippen LogP contribution >= 0.6 is 0 Å². The molecule has 0 fully saturated rings. The number of aliphatic hydroxyl groups is 3. The maximum Gasteiger partial charge on any atom is 0.231 e. The van der Waals surface area contributed by atoms with Crippen molar-refractivity contribution in [3.63, 3.8) is 0 Å². The van der Waals surface area contributed by atoms with Crippen molar-refractivity contribution in [3.05, 3.63) is 42.1 Å². The number of aliphatic hydroxyl groups excluding tert-OH is 3. The fraction of sp³-hybridized carbons (Fsp3) is 0.423. The Kier molecular flexibility index (Phi) is 6.92. The third-order valence-electron chi connectivity index (χ3n) is 6.52. The van der Waals surface area contributed by atoms with E-state index in [1.165, 1.54) is 5.56 Å². The van der Waals surface area contributed by atoms with Gasteiger partial charge >= 0.3 is 0 Å². The van der Waals surface area contributed by atoms with Crippen molar-refractivity contribution in [1.82, 2.24) is 4.90 Å². The Morgan fingerprint density at radius 3 is 2.60 bits per heavy atom. The molecule has 0 saturated carbocycles. The minimum atomic E-state index is -0.797. The number of methoxy groups -OCH3 is 1. The summed E-state index contributed by atoms with van der Waals surface area (Å²) in [5, 5.41) is 30.9. The molecule has 3 heterocycles. The summed E-state index contributed by atoms with van der Waals surface area (Å²) in [6.45, 7) is 2.06. The van der Waals surface area contributed by atoms with Crippen molar-refractivity contribution in [2.45, 2.75) is 19.1 Å². The Hall–Kier alpha value is -3.11. The smallest absolute Gasteiger partial charge is 0.231 e. The predicted molar refractivity (Wildman–Crippen MR) is 128 cm³/mol. The molecule has 0 aliphatic carbocycles. The standard InChI is InChI=1S/C26H31N2O7/c1-32-23-3-2-17-10-22-20-12-25-24(34-16-35-25)11-18(20)4-5-28(22)14-21(17)26(23)33-15-19(31)13-27(6-8-29)7-9-30/h2-3,10-12,14,19,29-31H,4-9,13,15-16H2,1H3/q+1. The normalized spacial score (nSPS) is 14.7. The van der Waals surface area contributed by atoms with E-state index in [-0.39, 0.29) is 33.2 Å². The van der Waals surface area contributed by atoms with Crippen LogP contribution in [0, 0.1) is 0 Å². The first-order chi connectivity index (χ1) is 17.1. The maximum atomic E-state index is 10.5. The summed E-state index contributed by atoms with van der Waals surface area (Å²) in [4.78, 5) is 1.80. The van der Waals surface area contributed by atoms with Gasteiger partial charge in [-0.15, -0.1) is 0 Å². The van der Waals surface area contributed by atoms with Crippen molar-refractivity contribution in [3.8, 4) is 34.3 Å². The summed E-state index contributed by atoms with van der Waals surface area (Å²) in [5.74, 6) is 2.73. The molecule has 1 unspecified atom stereocenters. The number of pyridine rings is 1. The quantitative estimate of drug-likeness (QED) is 0.369. The van der Waals surface area contributed by atoms with E-state index in [1.54, 1.807) is 12.0 Å². The number of aryl methyl sites for hydroxylation is 2. The molecular formula is C26H31N2O7+. The molecule has 1 atom stereocenters. The first-order valence-corrected chi connectivity index (χ1v) is 11.8. The lowest BCUT2D eigenvalue weighted by molar-refractivity contribution is -0.686. The SMILES string of the molecule is COc1ccc2cc3[n+](cc2c1OCC(O)CN(CCO)CCO)CCc1cc2c(cc1-3)OCO2. The number of nitrogens with zero attached hydrogens (tertiary/aromatic N) is 2. The summed E-state index contributed by atoms with van der Waals surface area (Å²) >= 11 is 0. The Balaban J connectivity index is 1.44. The molecule has 9 nitrogen and oxygen atoms in total. The molecule has 3 N–H and O–H groups in total. The second kappa shape index (κ2) is 10.2. The van der Waals surface area contributed by atoms with Crippen molar-refractivity contribution in [2.75, 3.05) is 53.4 Å². The highest BCUT2D eigenvalue weighted by Crippen LogP contribution is 2.41. The van der Waals surface area contributed by atoms with E-state index in [2.05, 4.69) is 29.0 Å². The molecule has 9 heteroatoms. The van der Waals surface area contributed by atoms with Crippen LogP contribution in [0.5, 0.6) is 23.0 Å². The molecule has 35 heavy (non-hydrogen) atoms. The number of hydrogen-bond acceptors (Lipinski definition) is 8. The molecule has 2 aliphatic rings. The zero-order valence-corrected chi connectivity index (χ0v) is 19.8. The molecule has 1 aromatic heterocycles. The lowest BCUT2D eigenvalue weighted by Gasteiger charge is -2.24. The van der Waals surface area contributed by atoms with Gasteiger partial charge in [0.25, 0.3) is 0 Å². The molecule has 2 aromatic carbocycles. The molecule has 0 amide bonds. The Morgan fingerprint density at radius 1 is 1.09 bits per heavy atom. The molecule has 0 spiro atoms. The average molecular weight is 484 g/mol. The highest BCUT2D eigenvalue weighted by molar-refractivity contribution is 5.91. The van der Waals surface area contributed by atoms with Crippen LogP contribution in [0.15, 0.2) is 36.5 Å². The summed E-state index contributed by atoms with van der Waals surface area (Å²) in [6.07, 6.45) is 2.15. The maximum absolute atomic E-state index is 10.5. The molecule has 2 aliphatic heterocycles. The van der Waals surface area contributed by atoms with Crippen molar-refractivity contribution >= 4 is 10.8 Å². The minimum absolute atomic E-state index is 0.0435. The number of ether oxygens (including phenoxy) is 4. The van der Waals surface area contributed by atoms with Crippen LogP contribution < -0.4 is 23.5 Å². The Labute approximate surface area is 203 Å². The summed E-state index contributed by atoms with van der Waals surface area (Å²) in [5.41, 5.74) is 3.46. The fourth-order valence-corrected chi connectivity index (χ4v) is 4.81. The Bertz CT molecular complexity index is 1210. The zero-order valence-electron chi connectivity index (χ0n) is 19.8. The molecule has 0 bridgehead atoms. The highest BCUT2D eigenvalue weighted by Gasteiger charge is 2.29. The number of benzene rings is 2. The molecular weight excluding hydrogens is 452 g/mol. The van der Waals surface area contributed by atoms with Gasteiger partial charge in [-0.1, -0.05) is 0 Å². The minimum Gasteiger partial charge on any atom is -0.493 e. The lowest BCUT2D eigenvalue weighted by Crippen LogP contribution is -2.40. The topological polar surface area (TPSA) is 105 Å². The highest BCUT2D eigenvalue weighted by atomic mass is 16.7. The van der Waals surface area contributed by atoms with Crippen molar-refractivity contribution in [2.24, 2.45) is 0 Å². The number of fused-ring (bicyclic) bond motifs is 5. The van der Waals surface area contributed by atoms with Gasteiger partial charge in [-0.3, -0.25) is 4.90 Å². The van der Waals surface area contributed by atoms with Crippen LogP contribution in [-0.2, 0) is 13.0 Å². The van der Waals surface area contributed by atoms with Gasteiger partial charge in [-0.05, 0) is 35.2 Å². The van der Waals surface area contributed by atoms with Crippen LogP contribution in [-0.4, -0.2) is 79.7 Å². The van der Waals surface area contributed by atoms with Crippen molar-refractivity contribution < 1.29 is 38.8 Å². The second-order valence-corrected chi connectivity index (χ2v) is 8.78. The third-order valence-corrected chi connectivity index (χ3v) is 6.52. The van der Waals surface area contributed by atoms with Crippen LogP contribution in [0.2, 0.25) is 0 Å². The van der Waals surface area contributed by atoms with Gasteiger partial charge in [0.15, 0.2) is 35.7 Å². The molecule has 5 rings (SSSR count). The number of rotatable bonds is 10. The first kappa shape index (κ1) is 23.6. The fourth-order valence-electron chi connectivity index (χ4n) is 4.81. The third kappa shape index (κ3) is 4.72. The van der Waals surface area contributed by atoms with Gasteiger partial charge < -0.3 is 34.3 Å². The molecule has 0 saturated heterocycles. The average Bonchev–Trinajstić information content (AvgIpc) is 3.32. The van der Waals surface area contributed by atoms with E-state index in [0.717, 1.165) is 46.5 Å². The first-order valence-electron chi connectivity index (χ1n) is 11.8. The summed E-state index contributed by atoms with van der Waals surface area (Å²) < 4.78 is 25.0. The summed E-state index contributed by atoms with van der Waals surface area (Å²) in [7, 11) is 1.60. The van der Waals surface area contributed by atoms with E-state index >= 15 is 0 Å². The molecule has 0 radical (unpaired) electrons. The van der Waals surface area contributed by atoms with Crippen LogP contribution in [0.3, 0.4) is 0 Å². The van der Waals surface area contributed by atoms with E-state index < -0.39 is 6.10 Å². The van der Waals surface area contributed by atoms with Crippen LogP contribution in [0.4, 0.5) is 0 Å². The predicted octanol–water partition coefficient (Wildman–Crippen LogP) is 1.11. The Morgan fingerprint density at radius 2 is 1.86 bits per heavy atom. The van der Waals surface area contributed by atoms with E-state index in [9.17, 15) is 15.3 Å². The number of aromatic nitrogens is 1. The van der Waals surface area contributed by atoms with E-state index in [4.69, 9.17) is 18.9 Å². The van der Waals surface area contributed by atoms with Crippen LogP contribution in [0.1, 0.15) is 5.56 Å². The monoisotopic (exact) mass is 483 g/mol. The van der Waals surface area contributed by atoms with E-state index in [1.807, 2.05) is 12.1 Å². The van der Waals surface area contributed by atoms with Gasteiger partial charge in [0, 0.05) is 32.1 Å². The molecule has 186 valence electrons. The van der Waals surface area contributed by atoms with Gasteiger partial charge in [0.1, 0.15) is 12.7 Å². The lowest BCUT2D eigenvalue weighted by atomic mass is 9.95.